The highest BCUT2D eigenvalue weighted by Gasteiger charge is 2.31. The van der Waals surface area contributed by atoms with Gasteiger partial charge in [0.25, 0.3) is 0 Å². The predicted octanol–water partition coefficient (Wildman–Crippen LogP) is 2.59. The predicted molar refractivity (Wildman–Crippen MR) is 64.0 cm³/mol. The molecule has 0 heterocycles. The fourth-order valence-electron chi connectivity index (χ4n) is 1.44. The summed E-state index contributed by atoms with van der Waals surface area (Å²) in [5.41, 5.74) is -0.366. The van der Waals surface area contributed by atoms with Gasteiger partial charge < -0.3 is 14.6 Å². The molecule has 0 aliphatic rings. The standard InChI is InChI=1S/C12H17ClO3/c1-8(15-3)12(2,14)9-5-6-10(13)11(7-9)16-4/h5-8,14H,1-4H3. The van der Waals surface area contributed by atoms with Gasteiger partial charge in [0.15, 0.2) is 0 Å². The van der Waals surface area contributed by atoms with Gasteiger partial charge in [0.05, 0.1) is 18.2 Å². The van der Waals surface area contributed by atoms with Crippen LogP contribution in [-0.2, 0) is 10.3 Å². The fraction of sp³-hybridized carbons (Fsp3) is 0.500. The Morgan fingerprint density at radius 2 is 2.00 bits per heavy atom. The van der Waals surface area contributed by atoms with Crippen molar-refractivity contribution in [2.24, 2.45) is 0 Å². The van der Waals surface area contributed by atoms with E-state index in [-0.39, 0.29) is 6.10 Å². The lowest BCUT2D eigenvalue weighted by molar-refractivity contribution is -0.0772. The Balaban J connectivity index is 3.13. The van der Waals surface area contributed by atoms with Crippen LogP contribution in [0.25, 0.3) is 0 Å². The third kappa shape index (κ3) is 2.48. The van der Waals surface area contributed by atoms with Crippen LogP contribution < -0.4 is 4.74 Å². The average Bonchev–Trinajstić information content (AvgIpc) is 2.28. The summed E-state index contributed by atoms with van der Waals surface area (Å²) in [7, 11) is 3.10. The smallest absolute Gasteiger partial charge is 0.137 e. The van der Waals surface area contributed by atoms with E-state index < -0.39 is 5.60 Å². The summed E-state index contributed by atoms with van der Waals surface area (Å²) in [6.45, 7) is 3.50. The lowest BCUT2D eigenvalue weighted by atomic mass is 9.91. The van der Waals surface area contributed by atoms with Crippen molar-refractivity contribution in [2.75, 3.05) is 14.2 Å². The van der Waals surface area contributed by atoms with Crippen LogP contribution in [0.4, 0.5) is 0 Å². The summed E-state index contributed by atoms with van der Waals surface area (Å²) in [4.78, 5) is 0. The Bertz CT molecular complexity index is 363. The third-order valence-electron chi connectivity index (χ3n) is 2.88. The molecule has 4 heteroatoms. The molecule has 16 heavy (non-hydrogen) atoms. The van der Waals surface area contributed by atoms with E-state index in [0.717, 1.165) is 0 Å². The van der Waals surface area contributed by atoms with Gasteiger partial charge in [-0.15, -0.1) is 0 Å². The molecule has 0 spiro atoms. The van der Waals surface area contributed by atoms with Crippen LogP contribution in [0.2, 0.25) is 5.02 Å². The zero-order valence-corrected chi connectivity index (χ0v) is 10.7. The van der Waals surface area contributed by atoms with Crippen LogP contribution in [-0.4, -0.2) is 25.4 Å². The average molecular weight is 245 g/mol. The molecule has 2 unspecified atom stereocenters. The van der Waals surface area contributed by atoms with Crippen molar-refractivity contribution in [3.63, 3.8) is 0 Å². The molecular formula is C12H17ClO3. The zero-order chi connectivity index (χ0) is 12.3. The minimum Gasteiger partial charge on any atom is -0.495 e. The lowest BCUT2D eigenvalue weighted by Crippen LogP contribution is -2.35. The van der Waals surface area contributed by atoms with E-state index in [0.29, 0.717) is 16.3 Å². The molecule has 3 nitrogen and oxygen atoms in total. The third-order valence-corrected chi connectivity index (χ3v) is 3.19. The molecule has 1 aromatic carbocycles. The van der Waals surface area contributed by atoms with E-state index in [9.17, 15) is 5.11 Å². The molecule has 90 valence electrons. The van der Waals surface area contributed by atoms with E-state index in [1.807, 2.05) is 0 Å². The van der Waals surface area contributed by atoms with Crippen LogP contribution in [0.3, 0.4) is 0 Å². The zero-order valence-electron chi connectivity index (χ0n) is 9.95. The first-order valence-corrected chi connectivity index (χ1v) is 5.40. The number of halogens is 1. The minimum absolute atomic E-state index is 0.321. The highest BCUT2D eigenvalue weighted by atomic mass is 35.5. The first-order valence-electron chi connectivity index (χ1n) is 5.02. The van der Waals surface area contributed by atoms with Crippen molar-refractivity contribution in [3.05, 3.63) is 28.8 Å². The second kappa shape index (κ2) is 5.04. The molecule has 0 aliphatic carbocycles. The lowest BCUT2D eigenvalue weighted by Gasteiger charge is -2.30. The molecule has 2 atom stereocenters. The van der Waals surface area contributed by atoms with Crippen LogP contribution in [0.1, 0.15) is 19.4 Å². The van der Waals surface area contributed by atoms with E-state index >= 15 is 0 Å². The first-order chi connectivity index (χ1) is 7.43. The van der Waals surface area contributed by atoms with Gasteiger partial charge >= 0.3 is 0 Å². The van der Waals surface area contributed by atoms with Crippen LogP contribution in [0.5, 0.6) is 5.75 Å². The largest absolute Gasteiger partial charge is 0.495 e. The molecule has 0 radical (unpaired) electrons. The Morgan fingerprint density at radius 1 is 1.38 bits per heavy atom. The molecule has 1 aromatic rings. The number of ether oxygens (including phenoxy) is 2. The summed E-state index contributed by atoms with van der Waals surface area (Å²) < 4.78 is 10.3. The monoisotopic (exact) mass is 244 g/mol. The van der Waals surface area contributed by atoms with Crippen molar-refractivity contribution in [1.29, 1.82) is 0 Å². The number of benzene rings is 1. The van der Waals surface area contributed by atoms with Gasteiger partial charge in [0.2, 0.25) is 0 Å². The number of hydrogen-bond donors (Lipinski definition) is 1. The summed E-state index contributed by atoms with van der Waals surface area (Å²) in [6.07, 6.45) is -0.321. The summed E-state index contributed by atoms with van der Waals surface area (Å²) in [5, 5.41) is 10.9. The quantitative estimate of drug-likeness (QED) is 0.885. The summed E-state index contributed by atoms with van der Waals surface area (Å²) in [6, 6.07) is 5.19. The molecule has 0 aromatic heterocycles. The molecule has 1 rings (SSSR count). The molecule has 0 saturated heterocycles. The molecule has 1 N–H and O–H groups in total. The molecule has 0 bridgehead atoms. The van der Waals surface area contributed by atoms with Gasteiger partial charge in [-0.25, -0.2) is 0 Å². The number of rotatable bonds is 4. The Kier molecular flexibility index (Phi) is 4.19. The van der Waals surface area contributed by atoms with Crippen molar-refractivity contribution < 1.29 is 14.6 Å². The number of aliphatic hydroxyl groups is 1. The van der Waals surface area contributed by atoms with Crippen LogP contribution >= 0.6 is 11.6 Å². The molecular weight excluding hydrogens is 228 g/mol. The molecule has 0 aliphatic heterocycles. The van der Waals surface area contributed by atoms with Crippen molar-refractivity contribution in [1.82, 2.24) is 0 Å². The van der Waals surface area contributed by atoms with E-state index in [4.69, 9.17) is 21.1 Å². The van der Waals surface area contributed by atoms with Gasteiger partial charge in [0, 0.05) is 7.11 Å². The normalized spacial score (nSPS) is 16.6. The Hall–Kier alpha value is -0.770. The van der Waals surface area contributed by atoms with Gasteiger partial charge in [0.1, 0.15) is 11.4 Å². The summed E-state index contributed by atoms with van der Waals surface area (Å²) in [5.74, 6) is 0.544. The maximum absolute atomic E-state index is 10.3. The van der Waals surface area contributed by atoms with E-state index in [1.54, 1.807) is 46.3 Å². The Labute approximate surface area is 101 Å². The van der Waals surface area contributed by atoms with Crippen molar-refractivity contribution in [3.8, 4) is 5.75 Å². The number of hydrogen-bond acceptors (Lipinski definition) is 3. The highest BCUT2D eigenvalue weighted by Crippen LogP contribution is 2.32. The minimum atomic E-state index is -1.08. The Morgan fingerprint density at radius 3 is 2.50 bits per heavy atom. The number of methoxy groups -OCH3 is 2. The molecule has 0 fully saturated rings. The van der Waals surface area contributed by atoms with Gasteiger partial charge in [-0.05, 0) is 31.5 Å². The van der Waals surface area contributed by atoms with E-state index in [2.05, 4.69) is 0 Å². The summed E-state index contributed by atoms with van der Waals surface area (Å²) >= 11 is 5.92. The van der Waals surface area contributed by atoms with Crippen molar-refractivity contribution >= 4 is 11.6 Å². The molecule has 0 saturated carbocycles. The topological polar surface area (TPSA) is 38.7 Å². The van der Waals surface area contributed by atoms with Gasteiger partial charge in [-0.2, -0.15) is 0 Å². The maximum Gasteiger partial charge on any atom is 0.137 e. The van der Waals surface area contributed by atoms with Crippen LogP contribution in [0.15, 0.2) is 18.2 Å². The maximum atomic E-state index is 10.3. The highest BCUT2D eigenvalue weighted by molar-refractivity contribution is 6.32. The second-order valence-electron chi connectivity index (χ2n) is 3.87. The van der Waals surface area contributed by atoms with Crippen LogP contribution in [0, 0.1) is 0 Å². The van der Waals surface area contributed by atoms with E-state index in [1.165, 1.54) is 0 Å². The fourth-order valence-corrected chi connectivity index (χ4v) is 1.63. The van der Waals surface area contributed by atoms with Gasteiger partial charge in [-0.1, -0.05) is 17.7 Å². The first kappa shape index (κ1) is 13.3. The van der Waals surface area contributed by atoms with Gasteiger partial charge in [-0.3, -0.25) is 0 Å². The van der Waals surface area contributed by atoms with Crippen molar-refractivity contribution in [2.45, 2.75) is 25.6 Å². The second-order valence-corrected chi connectivity index (χ2v) is 4.28. The SMILES string of the molecule is COc1cc(C(C)(O)C(C)OC)ccc1Cl. The molecule has 0 amide bonds.